The van der Waals surface area contributed by atoms with Gasteiger partial charge in [-0.1, -0.05) is 26.0 Å². The highest BCUT2D eigenvalue weighted by Gasteiger charge is 2.24. The molecule has 4 rings (SSSR count). The zero-order valence-corrected chi connectivity index (χ0v) is 23.6. The van der Waals surface area contributed by atoms with E-state index in [-0.39, 0.29) is 38.5 Å². The van der Waals surface area contributed by atoms with E-state index in [2.05, 4.69) is 10.4 Å². The maximum Gasteiger partial charge on any atom is 0.359 e. The highest BCUT2D eigenvalue weighted by atomic mass is 32.2. The number of fused-ring (bicyclic) bond motifs is 1. The van der Waals surface area contributed by atoms with Crippen LogP contribution in [-0.2, 0) is 14.8 Å². The van der Waals surface area contributed by atoms with E-state index < -0.39 is 27.5 Å². The van der Waals surface area contributed by atoms with Crippen molar-refractivity contribution in [1.29, 1.82) is 0 Å². The van der Waals surface area contributed by atoms with E-state index in [0.29, 0.717) is 18.8 Å². The minimum Gasteiger partial charge on any atom is -0.461 e. The van der Waals surface area contributed by atoms with Crippen molar-refractivity contribution < 1.29 is 22.7 Å². The quantitative estimate of drug-likeness (QED) is 0.300. The summed E-state index contributed by atoms with van der Waals surface area (Å²) < 4.78 is 33.2. The molecule has 10 nitrogen and oxygen atoms in total. The van der Waals surface area contributed by atoms with Gasteiger partial charge in [0.15, 0.2) is 5.69 Å². The third-order valence-corrected chi connectivity index (χ3v) is 9.01. The number of nitrogens with one attached hydrogen (secondary N) is 1. The minimum atomic E-state index is -3.67. The number of sulfonamides is 1. The summed E-state index contributed by atoms with van der Waals surface area (Å²) in [5.41, 5.74) is 0.996. The lowest BCUT2D eigenvalue weighted by Gasteiger charge is -2.18. The fraction of sp³-hybridized carbons (Fsp3) is 0.259. The Kier molecular flexibility index (Phi) is 8.28. The SMILES string of the molecule is CCOC(=O)c1nn(-c2cccc(C)c2)c(=O)c2c(NC(=O)c3ccc(S(=O)(=O)N(CC)CC)cc3)scc12. The molecule has 2 aromatic heterocycles. The van der Waals surface area contributed by atoms with E-state index in [4.69, 9.17) is 4.74 Å². The first-order chi connectivity index (χ1) is 18.6. The molecule has 2 heterocycles. The predicted molar refractivity (Wildman–Crippen MR) is 150 cm³/mol. The number of carbonyl (C=O) groups excluding carboxylic acids is 2. The van der Waals surface area contributed by atoms with Crippen LogP contribution < -0.4 is 10.9 Å². The molecule has 4 aromatic rings. The molecule has 12 heteroatoms. The Balaban J connectivity index is 1.75. The summed E-state index contributed by atoms with van der Waals surface area (Å²) in [7, 11) is -3.67. The third kappa shape index (κ3) is 5.49. The van der Waals surface area contributed by atoms with E-state index in [1.54, 1.807) is 44.4 Å². The van der Waals surface area contributed by atoms with Gasteiger partial charge in [0.2, 0.25) is 10.0 Å². The Morgan fingerprint density at radius 3 is 2.38 bits per heavy atom. The number of amides is 1. The highest BCUT2D eigenvalue weighted by Crippen LogP contribution is 2.31. The number of esters is 1. The van der Waals surface area contributed by atoms with Gasteiger partial charge in [0.1, 0.15) is 5.00 Å². The largest absolute Gasteiger partial charge is 0.461 e. The van der Waals surface area contributed by atoms with Crippen molar-refractivity contribution in [3.63, 3.8) is 0 Å². The maximum absolute atomic E-state index is 13.6. The molecule has 0 saturated heterocycles. The molecule has 0 fully saturated rings. The molecule has 0 atom stereocenters. The normalized spacial score (nSPS) is 11.6. The van der Waals surface area contributed by atoms with Gasteiger partial charge < -0.3 is 10.1 Å². The van der Waals surface area contributed by atoms with Gasteiger partial charge >= 0.3 is 5.97 Å². The molecule has 0 bridgehead atoms. The first-order valence-electron chi connectivity index (χ1n) is 12.3. The standard InChI is InChI=1S/C27H28N4O6S2/c1-5-30(6-2)39(35,36)20-13-11-18(12-14-20)24(32)28-25-22-21(16-38-25)23(27(34)37-7-3)29-31(26(22)33)19-10-8-9-17(4)15-19/h8-16H,5-7H2,1-4H3,(H,28,32). The van der Waals surface area contributed by atoms with Crippen molar-refractivity contribution in [2.45, 2.75) is 32.6 Å². The number of aromatic nitrogens is 2. The second-order valence-electron chi connectivity index (χ2n) is 8.55. The molecule has 204 valence electrons. The van der Waals surface area contributed by atoms with E-state index >= 15 is 0 Å². The molecule has 0 aliphatic carbocycles. The van der Waals surface area contributed by atoms with Crippen LogP contribution in [0.3, 0.4) is 0 Å². The van der Waals surface area contributed by atoms with Crippen molar-refractivity contribution in [3.05, 3.63) is 81.1 Å². The van der Waals surface area contributed by atoms with Crippen molar-refractivity contribution >= 4 is 49.0 Å². The van der Waals surface area contributed by atoms with E-state index in [0.717, 1.165) is 21.6 Å². The first kappa shape index (κ1) is 28.1. The van der Waals surface area contributed by atoms with Crippen LogP contribution in [0.5, 0.6) is 0 Å². The second-order valence-corrected chi connectivity index (χ2v) is 11.4. The van der Waals surface area contributed by atoms with Gasteiger partial charge in [-0.2, -0.15) is 14.1 Å². The number of rotatable bonds is 9. The Morgan fingerprint density at radius 1 is 1.08 bits per heavy atom. The number of carbonyl (C=O) groups is 2. The summed E-state index contributed by atoms with van der Waals surface area (Å²) in [6.45, 7) is 7.83. The fourth-order valence-corrected chi connectivity index (χ4v) is 6.48. The summed E-state index contributed by atoms with van der Waals surface area (Å²) in [4.78, 5) is 39.5. The molecule has 0 aliphatic rings. The number of aryl methyl sites for hydroxylation is 1. The van der Waals surface area contributed by atoms with Gasteiger partial charge in [0.25, 0.3) is 11.5 Å². The Hall–Kier alpha value is -3.87. The lowest BCUT2D eigenvalue weighted by Crippen LogP contribution is -2.30. The Bertz CT molecular complexity index is 1700. The average molecular weight is 569 g/mol. The van der Waals surface area contributed by atoms with Gasteiger partial charge in [-0.25, -0.2) is 13.2 Å². The van der Waals surface area contributed by atoms with Crippen LogP contribution in [0.2, 0.25) is 0 Å². The number of ether oxygens (including phenoxy) is 1. The maximum atomic E-state index is 13.6. The Morgan fingerprint density at radius 2 is 1.77 bits per heavy atom. The van der Waals surface area contributed by atoms with Crippen LogP contribution in [0.25, 0.3) is 16.5 Å². The number of nitrogens with zero attached hydrogens (tertiary/aromatic N) is 3. The smallest absolute Gasteiger partial charge is 0.359 e. The number of hydrogen-bond acceptors (Lipinski definition) is 8. The molecular formula is C27H28N4O6S2. The van der Waals surface area contributed by atoms with Crippen LogP contribution in [0.1, 0.15) is 47.2 Å². The van der Waals surface area contributed by atoms with Crippen LogP contribution >= 0.6 is 11.3 Å². The number of benzene rings is 2. The third-order valence-electron chi connectivity index (χ3n) is 6.05. The molecule has 0 unspecified atom stereocenters. The highest BCUT2D eigenvalue weighted by molar-refractivity contribution is 7.89. The molecule has 2 aromatic carbocycles. The van der Waals surface area contributed by atoms with Gasteiger partial charge in [-0.15, -0.1) is 11.3 Å². The lowest BCUT2D eigenvalue weighted by molar-refractivity contribution is 0.0519. The lowest BCUT2D eigenvalue weighted by atomic mass is 10.2. The topological polar surface area (TPSA) is 128 Å². The van der Waals surface area contributed by atoms with Gasteiger partial charge in [0.05, 0.1) is 22.6 Å². The minimum absolute atomic E-state index is 0.0457. The van der Waals surface area contributed by atoms with Crippen LogP contribution in [0.4, 0.5) is 5.00 Å². The first-order valence-corrected chi connectivity index (χ1v) is 14.6. The van der Waals surface area contributed by atoms with Gasteiger partial charge in [0, 0.05) is 29.4 Å². The molecular weight excluding hydrogens is 540 g/mol. The molecule has 0 spiro atoms. The molecule has 1 amide bonds. The van der Waals surface area contributed by atoms with Crippen molar-refractivity contribution in [2.24, 2.45) is 0 Å². The summed E-state index contributed by atoms with van der Waals surface area (Å²) in [6.07, 6.45) is 0. The number of thiophene rings is 1. The zero-order chi connectivity index (χ0) is 28.3. The summed E-state index contributed by atoms with van der Waals surface area (Å²) in [6, 6.07) is 12.7. The van der Waals surface area contributed by atoms with Crippen LogP contribution in [0.15, 0.2) is 63.6 Å². The zero-order valence-electron chi connectivity index (χ0n) is 21.9. The molecule has 0 radical (unpaired) electrons. The number of hydrogen-bond donors (Lipinski definition) is 1. The molecule has 1 N–H and O–H groups in total. The van der Waals surface area contributed by atoms with Crippen LogP contribution in [-0.4, -0.2) is 54.1 Å². The monoisotopic (exact) mass is 568 g/mol. The van der Waals surface area contributed by atoms with Crippen LogP contribution in [0, 0.1) is 6.92 Å². The van der Waals surface area contributed by atoms with Crippen molar-refractivity contribution in [3.8, 4) is 5.69 Å². The van der Waals surface area contributed by atoms with Gasteiger partial charge in [-0.3, -0.25) is 9.59 Å². The van der Waals surface area contributed by atoms with Gasteiger partial charge in [-0.05, 0) is 55.8 Å². The molecule has 0 aliphatic heterocycles. The number of anilines is 1. The second kappa shape index (κ2) is 11.5. The predicted octanol–water partition coefficient (Wildman–Crippen LogP) is 4.22. The Labute approximate surface area is 229 Å². The van der Waals surface area contributed by atoms with Crippen molar-refractivity contribution in [1.82, 2.24) is 14.1 Å². The molecule has 0 saturated carbocycles. The van der Waals surface area contributed by atoms with E-state index in [9.17, 15) is 22.8 Å². The average Bonchev–Trinajstić information content (AvgIpc) is 3.33. The summed E-state index contributed by atoms with van der Waals surface area (Å²) >= 11 is 1.08. The van der Waals surface area contributed by atoms with E-state index in [1.165, 1.54) is 28.6 Å². The molecule has 39 heavy (non-hydrogen) atoms. The fourth-order valence-electron chi connectivity index (χ4n) is 4.09. The van der Waals surface area contributed by atoms with Crippen molar-refractivity contribution in [2.75, 3.05) is 25.0 Å². The summed E-state index contributed by atoms with van der Waals surface area (Å²) in [5, 5.41) is 9.24. The van der Waals surface area contributed by atoms with E-state index in [1.807, 2.05) is 13.0 Å². The summed E-state index contributed by atoms with van der Waals surface area (Å²) in [5.74, 6) is -1.23.